The topological polar surface area (TPSA) is 53.1 Å². The van der Waals surface area contributed by atoms with Crippen LogP contribution in [0.25, 0.3) is 10.1 Å². The zero-order chi connectivity index (χ0) is 11.0. The fourth-order valence-corrected chi connectivity index (χ4v) is 2.51. The average Bonchev–Trinajstić information content (AvgIpc) is 2.60. The fraction of sp³-hybridized carbons (Fsp3) is 0.182. The summed E-state index contributed by atoms with van der Waals surface area (Å²) in [6, 6.07) is 8.13. The normalized spacial score (nSPS) is 10.5. The molecule has 1 aromatic carbocycles. The van der Waals surface area contributed by atoms with Crippen LogP contribution in [0.1, 0.15) is 4.88 Å². The molecule has 0 amide bonds. The van der Waals surface area contributed by atoms with E-state index >= 15 is 0 Å². The van der Waals surface area contributed by atoms with Gasteiger partial charge in [-0.2, -0.15) is 0 Å². The van der Waals surface area contributed by atoms with Crippen molar-refractivity contribution in [3.05, 3.63) is 29.1 Å². The zero-order valence-electron chi connectivity index (χ0n) is 8.74. The van der Waals surface area contributed by atoms with Crippen LogP contribution in [0.5, 0.6) is 0 Å². The van der Waals surface area contributed by atoms with Gasteiger partial charge in [0, 0.05) is 29.9 Å². The highest BCUT2D eigenvalue weighted by Crippen LogP contribution is 2.32. The van der Waals surface area contributed by atoms with Crippen LogP contribution in [0.4, 0.5) is 5.69 Å². The van der Waals surface area contributed by atoms with E-state index in [4.69, 9.17) is 11.1 Å². The molecule has 3 N–H and O–H groups in total. The van der Waals surface area contributed by atoms with Gasteiger partial charge in [-0.3, -0.25) is 5.41 Å². The molecule has 4 heteroatoms. The first-order chi connectivity index (χ1) is 7.09. The first-order valence-electron chi connectivity index (χ1n) is 4.64. The molecule has 3 nitrogen and oxygen atoms in total. The number of nitrogens with one attached hydrogen (secondary N) is 1. The minimum absolute atomic E-state index is 0.140. The molecule has 1 aromatic heterocycles. The molecule has 0 radical (unpaired) electrons. The van der Waals surface area contributed by atoms with E-state index in [1.54, 1.807) is 11.3 Å². The Morgan fingerprint density at radius 3 is 2.73 bits per heavy atom. The summed E-state index contributed by atoms with van der Waals surface area (Å²) >= 11 is 1.56. The van der Waals surface area contributed by atoms with Gasteiger partial charge in [-0.05, 0) is 18.2 Å². The van der Waals surface area contributed by atoms with Gasteiger partial charge in [-0.1, -0.05) is 6.07 Å². The Morgan fingerprint density at radius 1 is 1.40 bits per heavy atom. The number of amidine groups is 1. The van der Waals surface area contributed by atoms with E-state index in [1.807, 2.05) is 26.2 Å². The number of nitrogens with two attached hydrogens (primary N) is 1. The summed E-state index contributed by atoms with van der Waals surface area (Å²) < 4.78 is 1.17. The van der Waals surface area contributed by atoms with Crippen LogP contribution >= 0.6 is 11.3 Å². The highest BCUT2D eigenvalue weighted by atomic mass is 32.1. The van der Waals surface area contributed by atoms with Gasteiger partial charge in [0.15, 0.2) is 0 Å². The van der Waals surface area contributed by atoms with E-state index in [-0.39, 0.29) is 5.84 Å². The number of nitrogen functional groups attached to an aromatic ring is 1. The van der Waals surface area contributed by atoms with Crippen LogP contribution in [0.2, 0.25) is 0 Å². The highest BCUT2D eigenvalue weighted by molar-refractivity contribution is 7.20. The van der Waals surface area contributed by atoms with Gasteiger partial charge in [-0.25, -0.2) is 0 Å². The second kappa shape index (κ2) is 3.55. The maximum absolute atomic E-state index is 7.42. The molecule has 0 unspecified atom stereocenters. The third-order valence-electron chi connectivity index (χ3n) is 2.29. The molecule has 0 aliphatic rings. The quantitative estimate of drug-likeness (QED) is 0.601. The number of fused-ring (bicyclic) bond motifs is 1. The predicted octanol–water partition coefficient (Wildman–Crippen LogP) is 2.25. The second-order valence-electron chi connectivity index (χ2n) is 3.61. The third kappa shape index (κ3) is 1.68. The Kier molecular flexibility index (Phi) is 2.36. The molecular weight excluding hydrogens is 206 g/mol. The summed E-state index contributed by atoms with van der Waals surface area (Å²) in [7, 11) is 4.03. The molecule has 78 valence electrons. The Morgan fingerprint density at radius 2 is 2.13 bits per heavy atom. The van der Waals surface area contributed by atoms with Crippen LogP contribution < -0.4 is 10.6 Å². The molecule has 2 rings (SSSR count). The Bertz CT molecular complexity index is 514. The number of thiophene rings is 1. The van der Waals surface area contributed by atoms with Crippen molar-refractivity contribution in [3.63, 3.8) is 0 Å². The van der Waals surface area contributed by atoms with Crippen LogP contribution in [0, 0.1) is 5.41 Å². The van der Waals surface area contributed by atoms with Gasteiger partial charge in [0.25, 0.3) is 0 Å². The number of benzene rings is 1. The molecule has 2 aromatic rings. The average molecular weight is 219 g/mol. The van der Waals surface area contributed by atoms with E-state index in [0.717, 1.165) is 16.0 Å². The van der Waals surface area contributed by atoms with Crippen molar-refractivity contribution in [2.75, 3.05) is 19.0 Å². The van der Waals surface area contributed by atoms with Crippen molar-refractivity contribution in [1.82, 2.24) is 0 Å². The van der Waals surface area contributed by atoms with Crippen LogP contribution in [0.15, 0.2) is 24.3 Å². The van der Waals surface area contributed by atoms with Gasteiger partial charge in [0.05, 0.1) is 4.88 Å². The van der Waals surface area contributed by atoms with Crippen LogP contribution in [-0.2, 0) is 0 Å². The number of rotatable bonds is 2. The largest absolute Gasteiger partial charge is 0.383 e. The zero-order valence-corrected chi connectivity index (χ0v) is 9.56. The van der Waals surface area contributed by atoms with Gasteiger partial charge in [-0.15, -0.1) is 11.3 Å². The minimum Gasteiger partial charge on any atom is -0.383 e. The van der Waals surface area contributed by atoms with Crippen LogP contribution in [-0.4, -0.2) is 19.9 Å². The molecule has 0 aliphatic heterocycles. The molecule has 1 heterocycles. The minimum atomic E-state index is 0.140. The summed E-state index contributed by atoms with van der Waals surface area (Å²) in [5.41, 5.74) is 6.65. The van der Waals surface area contributed by atoms with E-state index in [2.05, 4.69) is 17.0 Å². The highest BCUT2D eigenvalue weighted by Gasteiger charge is 2.08. The molecule has 0 aliphatic carbocycles. The van der Waals surface area contributed by atoms with E-state index in [1.165, 1.54) is 4.70 Å². The van der Waals surface area contributed by atoms with Crippen molar-refractivity contribution in [2.24, 2.45) is 5.73 Å². The smallest absolute Gasteiger partial charge is 0.133 e. The number of anilines is 1. The van der Waals surface area contributed by atoms with Crippen molar-refractivity contribution in [1.29, 1.82) is 5.41 Å². The lowest BCUT2D eigenvalue weighted by molar-refractivity contribution is 1.14. The van der Waals surface area contributed by atoms with Gasteiger partial charge >= 0.3 is 0 Å². The summed E-state index contributed by atoms with van der Waals surface area (Å²) in [5.74, 6) is 0.140. The summed E-state index contributed by atoms with van der Waals surface area (Å²) in [6.45, 7) is 0. The maximum atomic E-state index is 7.42. The monoisotopic (exact) mass is 219 g/mol. The molecule has 0 fully saturated rings. The third-order valence-corrected chi connectivity index (χ3v) is 3.42. The SMILES string of the molecule is CN(C)c1cccc2sc(C(=N)N)cc12. The second-order valence-corrected chi connectivity index (χ2v) is 4.69. The molecular formula is C11H13N3S. The maximum Gasteiger partial charge on any atom is 0.133 e. The lowest BCUT2D eigenvalue weighted by atomic mass is 10.2. The number of hydrogen-bond acceptors (Lipinski definition) is 3. The first-order valence-corrected chi connectivity index (χ1v) is 5.45. The molecule has 15 heavy (non-hydrogen) atoms. The van der Waals surface area contributed by atoms with Gasteiger partial charge in [0.2, 0.25) is 0 Å². The van der Waals surface area contributed by atoms with Crippen molar-refractivity contribution < 1.29 is 0 Å². The Balaban J connectivity index is 2.69. The van der Waals surface area contributed by atoms with E-state index in [0.29, 0.717) is 0 Å². The van der Waals surface area contributed by atoms with E-state index < -0.39 is 0 Å². The van der Waals surface area contributed by atoms with Gasteiger partial charge in [0.1, 0.15) is 5.84 Å². The Labute approximate surface area is 92.6 Å². The molecule has 0 saturated carbocycles. The number of nitrogens with zero attached hydrogens (tertiary/aromatic N) is 1. The predicted molar refractivity (Wildman–Crippen MR) is 67.2 cm³/mol. The molecule has 0 saturated heterocycles. The van der Waals surface area contributed by atoms with E-state index in [9.17, 15) is 0 Å². The van der Waals surface area contributed by atoms with Crippen molar-refractivity contribution in [3.8, 4) is 0 Å². The number of hydrogen-bond donors (Lipinski definition) is 2. The summed E-state index contributed by atoms with van der Waals surface area (Å²) in [6.07, 6.45) is 0. The Hall–Kier alpha value is -1.55. The van der Waals surface area contributed by atoms with Crippen molar-refractivity contribution in [2.45, 2.75) is 0 Å². The molecule has 0 spiro atoms. The summed E-state index contributed by atoms with van der Waals surface area (Å²) in [4.78, 5) is 2.90. The van der Waals surface area contributed by atoms with Crippen LogP contribution in [0.3, 0.4) is 0 Å². The summed E-state index contributed by atoms with van der Waals surface area (Å²) in [5, 5.41) is 8.58. The molecule has 0 atom stereocenters. The first kappa shape index (κ1) is 9.98. The lowest BCUT2D eigenvalue weighted by Gasteiger charge is -2.13. The van der Waals surface area contributed by atoms with Gasteiger partial charge < -0.3 is 10.6 Å². The van der Waals surface area contributed by atoms with Crippen molar-refractivity contribution >= 4 is 32.9 Å². The lowest BCUT2D eigenvalue weighted by Crippen LogP contribution is -2.09. The fourth-order valence-electron chi connectivity index (χ4n) is 1.57. The molecule has 0 bridgehead atoms. The standard InChI is InChI=1S/C11H13N3S/c1-14(2)8-4-3-5-9-7(8)6-10(15-9)11(12)13/h3-6H,1-2H3,(H3,12,13).